The molecular weight excluding hydrogens is 378 g/mol. The fourth-order valence-corrected chi connectivity index (χ4v) is 3.54. The third kappa shape index (κ3) is 4.80. The molecule has 0 amide bonds. The van der Waals surface area contributed by atoms with E-state index >= 15 is 0 Å². The van der Waals surface area contributed by atoms with E-state index < -0.39 is 6.10 Å². The lowest BCUT2D eigenvalue weighted by atomic mass is 10.2. The molecule has 0 aromatic heterocycles. The second-order valence-electron chi connectivity index (χ2n) is 6.25. The number of piperazine rings is 1. The van der Waals surface area contributed by atoms with Gasteiger partial charge in [-0.3, -0.25) is 4.90 Å². The second-order valence-corrected chi connectivity index (χ2v) is 7.07. The molecule has 0 aliphatic carbocycles. The van der Waals surface area contributed by atoms with E-state index in [1.807, 2.05) is 11.0 Å². The Kier molecular flexibility index (Phi) is 6.59. The summed E-state index contributed by atoms with van der Waals surface area (Å²) in [5.41, 5.74) is 0.629. The van der Waals surface area contributed by atoms with E-state index in [4.69, 9.17) is 27.9 Å². The molecule has 0 saturated carbocycles. The van der Waals surface area contributed by atoms with Crippen molar-refractivity contribution in [2.24, 2.45) is 0 Å². The number of β-amino-alcohol motifs (C(OH)–C–C–N with tert-alkyl or cyclic N) is 1. The molecule has 1 unspecified atom stereocenters. The first kappa shape index (κ1) is 19.2. The van der Waals surface area contributed by atoms with Gasteiger partial charge in [0.25, 0.3) is 0 Å². The lowest BCUT2D eigenvalue weighted by Gasteiger charge is -2.37. The summed E-state index contributed by atoms with van der Waals surface area (Å²) in [4.78, 5) is 4.16. The van der Waals surface area contributed by atoms with Crippen molar-refractivity contribution >= 4 is 28.9 Å². The highest BCUT2D eigenvalue weighted by Crippen LogP contribution is 2.32. The smallest absolute Gasteiger partial charge is 0.156 e. The summed E-state index contributed by atoms with van der Waals surface area (Å²) < 4.78 is 19.5. The van der Waals surface area contributed by atoms with E-state index in [0.29, 0.717) is 41.1 Å². The fraction of sp³-hybridized carbons (Fsp3) is 0.368. The summed E-state index contributed by atoms with van der Waals surface area (Å²) in [6.07, 6.45) is -0.664. The van der Waals surface area contributed by atoms with E-state index in [1.165, 1.54) is 6.07 Å². The Morgan fingerprint density at radius 1 is 1.00 bits per heavy atom. The summed E-state index contributed by atoms with van der Waals surface area (Å²) in [5.74, 6) is 0.185. The summed E-state index contributed by atoms with van der Waals surface area (Å²) in [7, 11) is 0. The summed E-state index contributed by atoms with van der Waals surface area (Å²) in [6, 6.07) is 11.9. The molecule has 1 saturated heterocycles. The molecule has 1 fully saturated rings. The maximum Gasteiger partial charge on any atom is 0.156 e. The van der Waals surface area contributed by atoms with Crippen molar-refractivity contribution < 1.29 is 14.2 Å². The van der Waals surface area contributed by atoms with Gasteiger partial charge in [-0.1, -0.05) is 41.4 Å². The minimum absolute atomic E-state index is 0.108. The predicted molar refractivity (Wildman–Crippen MR) is 103 cm³/mol. The molecule has 3 rings (SSSR count). The molecule has 0 radical (unpaired) electrons. The van der Waals surface area contributed by atoms with E-state index in [2.05, 4.69) is 4.90 Å². The number of halogens is 3. The van der Waals surface area contributed by atoms with E-state index in [9.17, 15) is 9.50 Å². The van der Waals surface area contributed by atoms with E-state index in [-0.39, 0.29) is 12.4 Å². The number of benzene rings is 2. The second kappa shape index (κ2) is 8.91. The first-order chi connectivity index (χ1) is 12.5. The number of rotatable bonds is 6. The number of anilines is 1. The van der Waals surface area contributed by atoms with Gasteiger partial charge in [0.2, 0.25) is 0 Å². The zero-order valence-electron chi connectivity index (χ0n) is 14.2. The Bertz CT molecular complexity index is 719. The van der Waals surface area contributed by atoms with Crippen LogP contribution in [-0.2, 0) is 0 Å². The van der Waals surface area contributed by atoms with Gasteiger partial charge in [0, 0.05) is 32.7 Å². The van der Waals surface area contributed by atoms with E-state index in [0.717, 1.165) is 13.1 Å². The largest absolute Gasteiger partial charge is 0.488 e. The monoisotopic (exact) mass is 398 g/mol. The van der Waals surface area contributed by atoms with Gasteiger partial charge in [0.1, 0.15) is 18.5 Å². The van der Waals surface area contributed by atoms with Crippen molar-refractivity contribution in [1.29, 1.82) is 0 Å². The van der Waals surface area contributed by atoms with Gasteiger partial charge >= 0.3 is 0 Å². The molecular formula is C19H21Cl2FN2O2. The molecule has 1 aliphatic heterocycles. The topological polar surface area (TPSA) is 35.9 Å². The molecule has 1 atom stereocenters. The van der Waals surface area contributed by atoms with Crippen molar-refractivity contribution in [3.63, 3.8) is 0 Å². The van der Waals surface area contributed by atoms with Crippen LogP contribution in [-0.4, -0.2) is 55.4 Å². The normalized spacial score (nSPS) is 16.5. The zero-order chi connectivity index (χ0) is 18.5. The number of para-hydroxylation sites is 2. The standard InChI is InChI=1S/C19H21Cl2FN2O2/c20-15-4-3-5-16(21)19(15)26-13-14(25)12-23-8-10-24(11-9-23)18-7-2-1-6-17(18)22/h1-7,14,25H,8-13H2. The molecule has 1 heterocycles. The number of nitrogens with zero attached hydrogens (tertiary/aromatic N) is 2. The maximum atomic E-state index is 13.9. The van der Waals surface area contributed by atoms with Crippen LogP contribution < -0.4 is 9.64 Å². The Morgan fingerprint density at radius 2 is 1.65 bits per heavy atom. The van der Waals surface area contributed by atoms with Gasteiger partial charge in [0.15, 0.2) is 5.75 Å². The first-order valence-electron chi connectivity index (χ1n) is 8.51. The molecule has 0 spiro atoms. The lowest BCUT2D eigenvalue weighted by molar-refractivity contribution is 0.0663. The van der Waals surface area contributed by atoms with Crippen molar-refractivity contribution in [3.8, 4) is 5.75 Å². The van der Waals surface area contributed by atoms with Crippen LogP contribution in [0.25, 0.3) is 0 Å². The van der Waals surface area contributed by atoms with Gasteiger partial charge in [-0.15, -0.1) is 0 Å². The number of aliphatic hydroxyl groups is 1. The Labute approximate surface area is 162 Å². The average molecular weight is 399 g/mol. The van der Waals surface area contributed by atoms with Crippen LogP contribution in [0, 0.1) is 5.82 Å². The fourth-order valence-electron chi connectivity index (χ4n) is 3.03. The molecule has 26 heavy (non-hydrogen) atoms. The summed E-state index contributed by atoms with van der Waals surface area (Å²) in [5, 5.41) is 11.1. The molecule has 140 valence electrons. The third-order valence-electron chi connectivity index (χ3n) is 4.37. The number of ether oxygens (including phenoxy) is 1. The molecule has 2 aromatic carbocycles. The highest BCUT2D eigenvalue weighted by atomic mass is 35.5. The molecule has 0 bridgehead atoms. The van der Waals surface area contributed by atoms with Crippen molar-refractivity contribution in [1.82, 2.24) is 4.90 Å². The van der Waals surface area contributed by atoms with Gasteiger partial charge in [0.05, 0.1) is 15.7 Å². The average Bonchev–Trinajstić information content (AvgIpc) is 2.62. The van der Waals surface area contributed by atoms with Crippen molar-refractivity contribution in [3.05, 3.63) is 58.3 Å². The van der Waals surface area contributed by atoms with Crippen molar-refractivity contribution in [2.45, 2.75) is 6.10 Å². The minimum Gasteiger partial charge on any atom is -0.488 e. The van der Waals surface area contributed by atoms with Crippen LogP contribution in [0.5, 0.6) is 5.75 Å². The minimum atomic E-state index is -0.664. The van der Waals surface area contributed by atoms with Crippen LogP contribution in [0.1, 0.15) is 0 Å². The summed E-state index contributed by atoms with van der Waals surface area (Å²) in [6.45, 7) is 3.51. The first-order valence-corrected chi connectivity index (χ1v) is 9.27. The third-order valence-corrected chi connectivity index (χ3v) is 4.97. The highest BCUT2D eigenvalue weighted by Gasteiger charge is 2.21. The van der Waals surface area contributed by atoms with Crippen LogP contribution in [0.2, 0.25) is 10.0 Å². The molecule has 2 aromatic rings. The molecule has 7 heteroatoms. The Hall–Kier alpha value is -1.53. The van der Waals surface area contributed by atoms with Gasteiger partial charge in [-0.25, -0.2) is 4.39 Å². The number of hydrogen-bond acceptors (Lipinski definition) is 4. The van der Waals surface area contributed by atoms with Gasteiger partial charge in [-0.05, 0) is 24.3 Å². The maximum absolute atomic E-state index is 13.9. The zero-order valence-corrected chi connectivity index (χ0v) is 15.8. The molecule has 1 N–H and O–H groups in total. The van der Waals surface area contributed by atoms with Crippen LogP contribution in [0.4, 0.5) is 10.1 Å². The van der Waals surface area contributed by atoms with Crippen LogP contribution in [0.3, 0.4) is 0 Å². The molecule has 4 nitrogen and oxygen atoms in total. The van der Waals surface area contributed by atoms with Crippen LogP contribution >= 0.6 is 23.2 Å². The van der Waals surface area contributed by atoms with E-state index in [1.54, 1.807) is 30.3 Å². The molecule has 1 aliphatic rings. The quantitative estimate of drug-likeness (QED) is 0.804. The Balaban J connectivity index is 1.46. The SMILES string of the molecule is OC(COc1c(Cl)cccc1Cl)CN1CCN(c2ccccc2F)CC1. The summed E-state index contributed by atoms with van der Waals surface area (Å²) >= 11 is 12.1. The van der Waals surface area contributed by atoms with Gasteiger partial charge in [-0.2, -0.15) is 0 Å². The lowest BCUT2D eigenvalue weighted by Crippen LogP contribution is -2.49. The Morgan fingerprint density at radius 3 is 2.31 bits per heavy atom. The highest BCUT2D eigenvalue weighted by molar-refractivity contribution is 6.37. The van der Waals surface area contributed by atoms with Crippen molar-refractivity contribution in [2.75, 3.05) is 44.2 Å². The van der Waals surface area contributed by atoms with Gasteiger partial charge < -0.3 is 14.7 Å². The number of hydrogen-bond donors (Lipinski definition) is 1. The number of aliphatic hydroxyl groups excluding tert-OH is 1. The predicted octanol–water partition coefficient (Wildman–Crippen LogP) is 3.69. The van der Waals surface area contributed by atoms with Crippen LogP contribution in [0.15, 0.2) is 42.5 Å².